The molecule has 2 aromatic heterocycles. The molecular weight excluding hydrogens is 216 g/mol. The van der Waals surface area contributed by atoms with Crippen molar-refractivity contribution in [1.82, 2.24) is 9.97 Å². The predicted octanol–water partition coefficient (Wildman–Crippen LogP) is 3.75. The summed E-state index contributed by atoms with van der Waals surface area (Å²) in [6.45, 7) is 2.00. The van der Waals surface area contributed by atoms with Crippen LogP contribution in [0.4, 0.5) is 0 Å². The summed E-state index contributed by atoms with van der Waals surface area (Å²) in [6, 6.07) is 12.2. The summed E-state index contributed by atoms with van der Waals surface area (Å²) in [4.78, 5) is 7.78. The van der Waals surface area contributed by atoms with Crippen LogP contribution in [-0.2, 0) is 0 Å². The number of benzene rings is 1. The second-order valence-corrected chi connectivity index (χ2v) is 4.32. The van der Waals surface area contributed by atoms with E-state index in [0.29, 0.717) is 0 Å². The van der Waals surface area contributed by atoms with Gasteiger partial charge in [-0.1, -0.05) is 30.4 Å². The molecule has 2 heterocycles. The van der Waals surface area contributed by atoms with E-state index in [4.69, 9.17) is 12.2 Å². The molecular formula is C13H10N2S. The lowest BCUT2D eigenvalue weighted by Crippen LogP contribution is -1.87. The van der Waals surface area contributed by atoms with Gasteiger partial charge in [-0.05, 0) is 25.1 Å². The number of fused-ring (bicyclic) bond motifs is 3. The van der Waals surface area contributed by atoms with E-state index >= 15 is 0 Å². The molecule has 2 nitrogen and oxygen atoms in total. The molecule has 0 spiro atoms. The average Bonchev–Trinajstić information content (AvgIpc) is 2.29. The standard InChI is InChI=1S/C13H10N2S/c1-8-2-3-9-4-5-10-6-7-11(16)15-13(10)12(9)14-8/h2-7H,1H3,(H,15,16). The molecule has 0 saturated heterocycles. The van der Waals surface area contributed by atoms with Crippen molar-refractivity contribution in [3.63, 3.8) is 0 Å². The minimum Gasteiger partial charge on any atom is -0.344 e. The largest absolute Gasteiger partial charge is 0.344 e. The molecule has 3 heteroatoms. The lowest BCUT2D eigenvalue weighted by molar-refractivity contribution is 1.25. The van der Waals surface area contributed by atoms with Crippen LogP contribution in [0.5, 0.6) is 0 Å². The van der Waals surface area contributed by atoms with Crippen molar-refractivity contribution in [3.8, 4) is 0 Å². The van der Waals surface area contributed by atoms with E-state index < -0.39 is 0 Å². The Bertz CT molecular complexity index is 744. The lowest BCUT2D eigenvalue weighted by atomic mass is 10.1. The number of aryl methyl sites for hydroxylation is 1. The lowest BCUT2D eigenvalue weighted by Gasteiger charge is -2.03. The van der Waals surface area contributed by atoms with Crippen LogP contribution in [0.3, 0.4) is 0 Å². The van der Waals surface area contributed by atoms with Crippen LogP contribution in [0.15, 0.2) is 36.4 Å². The molecule has 0 bridgehead atoms. The highest BCUT2D eigenvalue weighted by molar-refractivity contribution is 7.71. The Balaban J connectivity index is 2.60. The van der Waals surface area contributed by atoms with E-state index in [-0.39, 0.29) is 0 Å². The molecule has 0 radical (unpaired) electrons. The maximum atomic E-state index is 5.15. The number of hydrogen-bond donors (Lipinski definition) is 1. The Morgan fingerprint density at radius 2 is 1.69 bits per heavy atom. The molecule has 0 saturated carbocycles. The van der Waals surface area contributed by atoms with Crippen LogP contribution in [0.1, 0.15) is 5.69 Å². The Morgan fingerprint density at radius 1 is 1.00 bits per heavy atom. The van der Waals surface area contributed by atoms with Crippen molar-refractivity contribution >= 4 is 34.0 Å². The fourth-order valence-corrected chi connectivity index (χ4v) is 2.07. The van der Waals surface area contributed by atoms with E-state index in [1.807, 2.05) is 25.1 Å². The molecule has 0 amide bonds. The van der Waals surface area contributed by atoms with Crippen LogP contribution in [-0.4, -0.2) is 9.97 Å². The van der Waals surface area contributed by atoms with Gasteiger partial charge in [0.2, 0.25) is 0 Å². The van der Waals surface area contributed by atoms with Crippen molar-refractivity contribution < 1.29 is 0 Å². The van der Waals surface area contributed by atoms with Gasteiger partial charge in [-0.25, -0.2) is 0 Å². The molecule has 0 fully saturated rings. The van der Waals surface area contributed by atoms with Gasteiger partial charge in [-0.15, -0.1) is 0 Å². The van der Waals surface area contributed by atoms with Crippen LogP contribution >= 0.6 is 12.2 Å². The van der Waals surface area contributed by atoms with Gasteiger partial charge in [0, 0.05) is 16.5 Å². The molecule has 0 atom stereocenters. The molecule has 0 aliphatic heterocycles. The van der Waals surface area contributed by atoms with Crippen molar-refractivity contribution in [2.24, 2.45) is 0 Å². The first-order valence-corrected chi connectivity index (χ1v) is 5.54. The first kappa shape index (κ1) is 9.48. The monoisotopic (exact) mass is 226 g/mol. The summed E-state index contributed by atoms with van der Waals surface area (Å²) in [7, 11) is 0. The maximum Gasteiger partial charge on any atom is 0.103 e. The van der Waals surface area contributed by atoms with Gasteiger partial charge in [0.1, 0.15) is 4.64 Å². The number of hydrogen-bond acceptors (Lipinski definition) is 2. The van der Waals surface area contributed by atoms with E-state index in [0.717, 1.165) is 32.1 Å². The zero-order valence-corrected chi connectivity index (χ0v) is 9.64. The number of aromatic amines is 1. The maximum absolute atomic E-state index is 5.15. The minimum absolute atomic E-state index is 0.739. The number of pyridine rings is 2. The zero-order valence-electron chi connectivity index (χ0n) is 8.82. The van der Waals surface area contributed by atoms with E-state index in [9.17, 15) is 0 Å². The van der Waals surface area contributed by atoms with E-state index in [1.54, 1.807) is 0 Å². The SMILES string of the molecule is Cc1ccc2ccc3ccc(=S)[nH]c3c2n1. The van der Waals surface area contributed by atoms with Gasteiger partial charge in [0.05, 0.1) is 11.0 Å². The fraction of sp³-hybridized carbons (Fsp3) is 0.0769. The number of rotatable bonds is 0. The first-order chi connectivity index (χ1) is 7.74. The van der Waals surface area contributed by atoms with Crippen molar-refractivity contribution in [2.75, 3.05) is 0 Å². The van der Waals surface area contributed by atoms with Crippen molar-refractivity contribution in [2.45, 2.75) is 6.92 Å². The molecule has 0 aliphatic carbocycles. The van der Waals surface area contributed by atoms with Gasteiger partial charge in [0.15, 0.2) is 0 Å². The molecule has 16 heavy (non-hydrogen) atoms. The summed E-state index contributed by atoms with van der Waals surface area (Å²) < 4.78 is 0.739. The Kier molecular flexibility index (Phi) is 2.01. The normalized spacial score (nSPS) is 11.1. The van der Waals surface area contributed by atoms with Gasteiger partial charge >= 0.3 is 0 Å². The topological polar surface area (TPSA) is 28.7 Å². The van der Waals surface area contributed by atoms with E-state index in [2.05, 4.69) is 28.2 Å². The van der Waals surface area contributed by atoms with Crippen LogP contribution in [0.25, 0.3) is 21.8 Å². The summed E-state index contributed by atoms with van der Waals surface area (Å²) in [6.07, 6.45) is 0. The Hall–Kier alpha value is -1.74. The Morgan fingerprint density at radius 3 is 2.56 bits per heavy atom. The van der Waals surface area contributed by atoms with Gasteiger partial charge in [-0.3, -0.25) is 4.98 Å². The Labute approximate surface area is 98.0 Å². The summed E-state index contributed by atoms with van der Waals surface area (Å²) in [5.74, 6) is 0. The third-order valence-corrected chi connectivity index (χ3v) is 2.93. The second kappa shape index (κ2) is 3.39. The fourth-order valence-electron chi connectivity index (χ4n) is 1.90. The molecule has 3 rings (SSSR count). The van der Waals surface area contributed by atoms with Crippen LogP contribution in [0.2, 0.25) is 0 Å². The molecule has 1 N–H and O–H groups in total. The molecule has 0 unspecified atom stereocenters. The minimum atomic E-state index is 0.739. The predicted molar refractivity (Wildman–Crippen MR) is 69.2 cm³/mol. The average molecular weight is 226 g/mol. The summed E-state index contributed by atoms with van der Waals surface area (Å²) in [5, 5.41) is 2.27. The highest BCUT2D eigenvalue weighted by Crippen LogP contribution is 2.22. The second-order valence-electron chi connectivity index (χ2n) is 3.88. The smallest absolute Gasteiger partial charge is 0.103 e. The van der Waals surface area contributed by atoms with Crippen molar-refractivity contribution in [1.29, 1.82) is 0 Å². The van der Waals surface area contributed by atoms with Gasteiger partial charge < -0.3 is 4.98 Å². The van der Waals surface area contributed by atoms with Crippen molar-refractivity contribution in [3.05, 3.63) is 46.7 Å². The first-order valence-electron chi connectivity index (χ1n) is 5.13. The number of nitrogens with one attached hydrogen (secondary N) is 1. The molecule has 3 aromatic rings. The summed E-state index contributed by atoms with van der Waals surface area (Å²) >= 11 is 5.15. The number of H-pyrrole nitrogens is 1. The molecule has 0 aliphatic rings. The third kappa shape index (κ3) is 1.41. The van der Waals surface area contributed by atoms with Gasteiger partial charge in [0.25, 0.3) is 0 Å². The molecule has 78 valence electrons. The van der Waals surface area contributed by atoms with Crippen LogP contribution in [0, 0.1) is 11.6 Å². The molecule has 1 aromatic carbocycles. The summed E-state index contributed by atoms with van der Waals surface area (Å²) in [5.41, 5.74) is 3.03. The highest BCUT2D eigenvalue weighted by Gasteiger charge is 2.01. The number of nitrogens with zero attached hydrogens (tertiary/aromatic N) is 1. The van der Waals surface area contributed by atoms with E-state index in [1.165, 1.54) is 0 Å². The highest BCUT2D eigenvalue weighted by atomic mass is 32.1. The number of aromatic nitrogens is 2. The van der Waals surface area contributed by atoms with Gasteiger partial charge in [-0.2, -0.15) is 0 Å². The third-order valence-electron chi connectivity index (χ3n) is 2.70. The zero-order chi connectivity index (χ0) is 11.1. The quantitative estimate of drug-likeness (QED) is 0.467. The van der Waals surface area contributed by atoms with Crippen LogP contribution < -0.4 is 0 Å².